The highest BCUT2D eigenvalue weighted by Gasteiger charge is 2.27. The Morgan fingerprint density at radius 1 is 1.18 bits per heavy atom. The van der Waals surface area contributed by atoms with Crippen molar-refractivity contribution >= 4 is 15.3 Å². The Balaban J connectivity index is 4.22. The van der Waals surface area contributed by atoms with Gasteiger partial charge in [0, 0.05) is 0 Å². The summed E-state index contributed by atoms with van der Waals surface area (Å²) in [5, 5.41) is 0. The summed E-state index contributed by atoms with van der Waals surface area (Å²) in [5.74, 6) is 0. The fraction of sp³-hybridized carbons (Fsp3) is 1.00. The second kappa shape index (κ2) is 3.33. The van der Waals surface area contributed by atoms with Crippen LogP contribution in [0, 0.1) is 0 Å². The highest BCUT2D eigenvalue weighted by atomic mass is 31.2. The van der Waals surface area contributed by atoms with Crippen molar-refractivity contribution in [2.24, 2.45) is 0 Å². The van der Waals surface area contributed by atoms with Crippen LogP contribution in [0.4, 0.5) is 0 Å². The van der Waals surface area contributed by atoms with Gasteiger partial charge in [-0.3, -0.25) is 4.57 Å². The highest BCUT2D eigenvalue weighted by Crippen LogP contribution is 2.45. The van der Waals surface area contributed by atoms with Gasteiger partial charge in [0.1, 0.15) is 6.29 Å². The van der Waals surface area contributed by atoms with Gasteiger partial charge in [-0.2, -0.15) is 0 Å². The fourth-order valence-corrected chi connectivity index (χ4v) is 2.04. The van der Waals surface area contributed by atoms with Crippen LogP contribution < -0.4 is 0 Å². The maximum Gasteiger partial charge on any atom is 0.403 e. The van der Waals surface area contributed by atoms with E-state index in [0.717, 1.165) is 7.05 Å². The number of hydrogen-bond acceptors (Lipinski definition) is 2. The van der Waals surface area contributed by atoms with Crippen LogP contribution in [0.25, 0.3) is 0 Å². The molecule has 0 aromatic heterocycles. The maximum absolute atomic E-state index is 10.3. The average Bonchev–Trinajstić information content (AvgIpc) is 1.56. The molecule has 0 aromatic rings. The standard InChI is InChI=1S/C2H9NO6P2/c1-3(11(7,8)9)2-10(4,5)6/h2H2,1H3,(H2,4,5,6)(H2,7,8,9). The first-order chi connectivity index (χ1) is 4.63. The quantitative estimate of drug-likeness (QED) is 0.443. The molecule has 0 bridgehead atoms. The summed E-state index contributed by atoms with van der Waals surface area (Å²) < 4.78 is 20.8. The zero-order valence-corrected chi connectivity index (χ0v) is 7.44. The third kappa shape index (κ3) is 5.52. The molecule has 4 N–H and O–H groups in total. The Labute approximate surface area is 63.0 Å². The van der Waals surface area contributed by atoms with Crippen molar-refractivity contribution in [1.29, 1.82) is 0 Å². The van der Waals surface area contributed by atoms with E-state index in [1.165, 1.54) is 0 Å². The topological polar surface area (TPSA) is 118 Å². The Morgan fingerprint density at radius 3 is 1.64 bits per heavy atom. The molecule has 0 aliphatic rings. The zero-order chi connectivity index (χ0) is 9.28. The lowest BCUT2D eigenvalue weighted by molar-refractivity contribution is 0.288. The molecule has 11 heavy (non-hydrogen) atoms. The first kappa shape index (κ1) is 11.3. The van der Waals surface area contributed by atoms with E-state index < -0.39 is 21.6 Å². The minimum atomic E-state index is -4.51. The lowest BCUT2D eigenvalue weighted by Gasteiger charge is -2.17. The molecule has 9 heteroatoms. The predicted octanol–water partition coefficient (Wildman–Crippen LogP) is -0.854. The Morgan fingerprint density at radius 2 is 1.55 bits per heavy atom. The van der Waals surface area contributed by atoms with Gasteiger partial charge in [0.2, 0.25) is 0 Å². The van der Waals surface area contributed by atoms with Gasteiger partial charge in [0.25, 0.3) is 0 Å². The minimum absolute atomic E-state index is 0.299. The summed E-state index contributed by atoms with van der Waals surface area (Å²) in [6.07, 6.45) is -0.947. The third-order valence-electron chi connectivity index (χ3n) is 0.834. The van der Waals surface area contributed by atoms with E-state index in [0.29, 0.717) is 4.67 Å². The molecule has 0 amide bonds. The molecule has 0 aromatic carbocycles. The average molecular weight is 205 g/mol. The van der Waals surface area contributed by atoms with E-state index >= 15 is 0 Å². The third-order valence-corrected chi connectivity index (χ3v) is 2.88. The SMILES string of the molecule is CN(CP(=O)(O)O)P(=O)(O)O. The van der Waals surface area contributed by atoms with Crippen molar-refractivity contribution in [3.05, 3.63) is 0 Å². The van der Waals surface area contributed by atoms with Crippen molar-refractivity contribution in [1.82, 2.24) is 4.67 Å². The monoisotopic (exact) mass is 205 g/mol. The van der Waals surface area contributed by atoms with Crippen LogP contribution in [0.2, 0.25) is 0 Å². The smallest absolute Gasteiger partial charge is 0.324 e. The molecular formula is C2H9NO6P2. The van der Waals surface area contributed by atoms with E-state index in [9.17, 15) is 9.13 Å². The molecule has 0 heterocycles. The van der Waals surface area contributed by atoms with E-state index in [4.69, 9.17) is 19.6 Å². The molecule has 0 radical (unpaired) electrons. The van der Waals surface area contributed by atoms with Crippen molar-refractivity contribution < 1.29 is 28.7 Å². The van der Waals surface area contributed by atoms with E-state index in [1.54, 1.807) is 0 Å². The molecule has 0 rings (SSSR count). The van der Waals surface area contributed by atoms with Gasteiger partial charge in [-0.1, -0.05) is 0 Å². The van der Waals surface area contributed by atoms with Crippen molar-refractivity contribution in [3.63, 3.8) is 0 Å². The Kier molecular flexibility index (Phi) is 3.41. The van der Waals surface area contributed by atoms with Crippen LogP contribution in [-0.2, 0) is 9.13 Å². The summed E-state index contributed by atoms with van der Waals surface area (Å²) >= 11 is 0. The highest BCUT2D eigenvalue weighted by molar-refractivity contribution is 7.54. The second-order valence-corrected chi connectivity index (χ2v) is 5.30. The first-order valence-corrected chi connectivity index (χ1v) is 5.81. The molecule has 0 aliphatic heterocycles. The van der Waals surface area contributed by atoms with Gasteiger partial charge >= 0.3 is 15.3 Å². The summed E-state index contributed by atoms with van der Waals surface area (Å²) in [7, 11) is -7.97. The predicted molar refractivity (Wildman–Crippen MR) is 36.7 cm³/mol. The lowest BCUT2D eigenvalue weighted by atomic mass is 11.2. The minimum Gasteiger partial charge on any atom is -0.324 e. The van der Waals surface area contributed by atoms with Gasteiger partial charge in [0.05, 0.1) is 0 Å². The van der Waals surface area contributed by atoms with Crippen LogP contribution in [0.3, 0.4) is 0 Å². The normalized spacial score (nSPS) is 14.0. The van der Waals surface area contributed by atoms with Crippen LogP contribution in [0.5, 0.6) is 0 Å². The molecule has 68 valence electrons. The molecule has 0 spiro atoms. The van der Waals surface area contributed by atoms with Gasteiger partial charge in [-0.05, 0) is 7.05 Å². The lowest BCUT2D eigenvalue weighted by Crippen LogP contribution is -2.15. The molecule has 0 saturated heterocycles. The zero-order valence-electron chi connectivity index (χ0n) is 5.65. The molecule has 7 nitrogen and oxygen atoms in total. The van der Waals surface area contributed by atoms with Gasteiger partial charge in [0.15, 0.2) is 0 Å². The van der Waals surface area contributed by atoms with Crippen LogP contribution in [0.1, 0.15) is 0 Å². The van der Waals surface area contributed by atoms with E-state index in [1.807, 2.05) is 0 Å². The molecule has 0 aliphatic carbocycles. The van der Waals surface area contributed by atoms with Crippen LogP contribution >= 0.6 is 15.3 Å². The van der Waals surface area contributed by atoms with E-state index in [2.05, 4.69) is 0 Å². The van der Waals surface area contributed by atoms with Crippen LogP contribution in [0.15, 0.2) is 0 Å². The van der Waals surface area contributed by atoms with Gasteiger partial charge in [-0.15, -0.1) is 0 Å². The molecule has 0 atom stereocenters. The number of rotatable bonds is 3. The summed E-state index contributed by atoms with van der Waals surface area (Å²) in [5.41, 5.74) is 0. The summed E-state index contributed by atoms with van der Waals surface area (Å²) in [4.78, 5) is 33.2. The van der Waals surface area contributed by atoms with Crippen molar-refractivity contribution in [2.75, 3.05) is 13.3 Å². The Hall–Kier alpha value is 0.260. The largest absolute Gasteiger partial charge is 0.403 e. The fourth-order valence-electron chi connectivity index (χ4n) is 0.349. The maximum atomic E-state index is 10.3. The van der Waals surface area contributed by atoms with Crippen LogP contribution in [-0.4, -0.2) is 37.6 Å². The summed E-state index contributed by atoms with van der Waals surface area (Å²) in [6, 6.07) is 0. The molecule has 0 saturated carbocycles. The van der Waals surface area contributed by atoms with Crippen molar-refractivity contribution in [2.45, 2.75) is 0 Å². The van der Waals surface area contributed by atoms with Crippen molar-refractivity contribution in [3.8, 4) is 0 Å². The molecule has 0 fully saturated rings. The van der Waals surface area contributed by atoms with Gasteiger partial charge < -0.3 is 19.6 Å². The summed E-state index contributed by atoms with van der Waals surface area (Å²) in [6.45, 7) is 0. The second-order valence-electron chi connectivity index (χ2n) is 1.98. The van der Waals surface area contributed by atoms with Gasteiger partial charge in [-0.25, -0.2) is 9.24 Å². The first-order valence-electron chi connectivity index (χ1n) is 2.44. The Bertz CT molecular complexity index is 215. The molecule has 0 unspecified atom stereocenters. The van der Waals surface area contributed by atoms with E-state index in [-0.39, 0.29) is 0 Å². The molecular weight excluding hydrogens is 196 g/mol. The number of hydrogen-bond donors (Lipinski definition) is 4. The number of nitrogens with zero attached hydrogens (tertiary/aromatic N) is 1.